The van der Waals surface area contributed by atoms with Crippen LogP contribution in [0.1, 0.15) is 44.7 Å². The Hall–Kier alpha value is -1.96. The number of rotatable bonds is 0. The predicted molar refractivity (Wildman–Crippen MR) is 69.3 cm³/mol. The quantitative estimate of drug-likeness (QED) is 0.704. The average Bonchev–Trinajstić information content (AvgIpc) is 2.94. The molecule has 0 radical (unpaired) electrons. The van der Waals surface area contributed by atoms with Gasteiger partial charge >= 0.3 is 0 Å². The molecule has 0 unspecified atom stereocenters. The third-order valence-corrected chi connectivity index (χ3v) is 4.23. The molecule has 0 saturated heterocycles. The van der Waals surface area contributed by atoms with Gasteiger partial charge < -0.3 is 0 Å². The lowest BCUT2D eigenvalue weighted by Gasteiger charge is -2.08. The fraction of sp³-hybridized carbons (Fsp3) is 0.250. The summed E-state index contributed by atoms with van der Waals surface area (Å²) >= 11 is 0. The normalized spacial score (nSPS) is 17.3. The van der Waals surface area contributed by atoms with Crippen LogP contribution in [0.3, 0.4) is 0 Å². The Morgan fingerprint density at radius 1 is 0.611 bits per heavy atom. The van der Waals surface area contributed by atoms with E-state index in [0.29, 0.717) is 12.8 Å². The Morgan fingerprint density at radius 3 is 1.50 bits per heavy atom. The van der Waals surface area contributed by atoms with Gasteiger partial charge in [-0.15, -0.1) is 0 Å². The maximum Gasteiger partial charge on any atom is 0.163 e. The van der Waals surface area contributed by atoms with E-state index in [1.807, 2.05) is 24.3 Å². The predicted octanol–water partition coefficient (Wildman–Crippen LogP) is 3.10. The molecule has 4 rings (SSSR count). The summed E-state index contributed by atoms with van der Waals surface area (Å²) in [4.78, 5) is 23.5. The average molecular weight is 236 g/mol. The number of fused-ring (bicyclic) bond motifs is 5. The number of hydrogen-bond acceptors (Lipinski definition) is 2. The zero-order chi connectivity index (χ0) is 12.3. The molecule has 0 atom stereocenters. The van der Waals surface area contributed by atoms with E-state index in [1.54, 1.807) is 0 Å². The molecule has 0 saturated carbocycles. The molecule has 88 valence electrons. The van der Waals surface area contributed by atoms with Crippen molar-refractivity contribution in [2.75, 3.05) is 0 Å². The van der Waals surface area contributed by atoms with Gasteiger partial charge in [0.25, 0.3) is 0 Å². The van der Waals surface area contributed by atoms with Crippen molar-refractivity contribution in [3.8, 4) is 0 Å². The molecule has 2 heteroatoms. The first-order valence-electron chi connectivity index (χ1n) is 6.39. The van der Waals surface area contributed by atoms with Gasteiger partial charge in [0.1, 0.15) is 0 Å². The summed E-state index contributed by atoms with van der Waals surface area (Å²) in [6.45, 7) is 0. The van der Waals surface area contributed by atoms with Gasteiger partial charge in [-0.25, -0.2) is 0 Å². The van der Waals surface area contributed by atoms with E-state index in [4.69, 9.17) is 0 Å². The van der Waals surface area contributed by atoms with Crippen LogP contribution in [0.25, 0.3) is 10.8 Å². The second-order valence-corrected chi connectivity index (χ2v) is 5.12. The molecule has 2 aromatic rings. The number of carbonyl (C=O) groups excluding carboxylic acids is 2. The molecule has 0 bridgehead atoms. The molecule has 0 aliphatic heterocycles. The molecular formula is C16H12O2. The first-order valence-corrected chi connectivity index (χ1v) is 6.39. The van der Waals surface area contributed by atoms with Gasteiger partial charge in [-0.2, -0.15) is 0 Å². The van der Waals surface area contributed by atoms with Crippen molar-refractivity contribution in [2.45, 2.75) is 25.7 Å². The second kappa shape index (κ2) is 3.29. The molecule has 0 spiro atoms. The van der Waals surface area contributed by atoms with Crippen molar-refractivity contribution >= 4 is 22.3 Å². The molecule has 0 fully saturated rings. The minimum atomic E-state index is 0.253. The largest absolute Gasteiger partial charge is 0.294 e. The maximum absolute atomic E-state index is 11.7. The van der Waals surface area contributed by atoms with Gasteiger partial charge in [0.2, 0.25) is 0 Å². The Kier molecular flexibility index (Phi) is 1.83. The lowest BCUT2D eigenvalue weighted by atomic mass is 9.95. The number of benzene rings is 2. The minimum absolute atomic E-state index is 0.253. The summed E-state index contributed by atoms with van der Waals surface area (Å²) < 4.78 is 0. The number of carbonyl (C=O) groups is 2. The smallest absolute Gasteiger partial charge is 0.163 e. The Balaban J connectivity index is 2.10. The van der Waals surface area contributed by atoms with Crippen LogP contribution in [0.5, 0.6) is 0 Å². The van der Waals surface area contributed by atoms with Crippen molar-refractivity contribution in [2.24, 2.45) is 0 Å². The molecule has 2 aliphatic rings. The van der Waals surface area contributed by atoms with E-state index in [2.05, 4.69) is 0 Å². The fourth-order valence-electron chi connectivity index (χ4n) is 3.34. The van der Waals surface area contributed by atoms with Crippen molar-refractivity contribution in [3.05, 3.63) is 46.5 Å². The highest BCUT2D eigenvalue weighted by Gasteiger charge is 2.25. The molecule has 2 aromatic carbocycles. The third kappa shape index (κ3) is 1.13. The van der Waals surface area contributed by atoms with Crippen molar-refractivity contribution in [3.63, 3.8) is 0 Å². The van der Waals surface area contributed by atoms with Crippen LogP contribution < -0.4 is 0 Å². The van der Waals surface area contributed by atoms with Gasteiger partial charge in [0.15, 0.2) is 11.6 Å². The maximum atomic E-state index is 11.7. The van der Waals surface area contributed by atoms with Gasteiger partial charge in [0, 0.05) is 24.0 Å². The Morgan fingerprint density at radius 2 is 1.06 bits per heavy atom. The van der Waals surface area contributed by atoms with Crippen LogP contribution >= 0.6 is 0 Å². The second-order valence-electron chi connectivity index (χ2n) is 5.12. The van der Waals surface area contributed by atoms with Crippen LogP contribution in [0.2, 0.25) is 0 Å². The summed E-state index contributed by atoms with van der Waals surface area (Å²) in [6, 6.07) is 7.93. The highest BCUT2D eigenvalue weighted by molar-refractivity contribution is 6.10. The lowest BCUT2D eigenvalue weighted by molar-refractivity contribution is 0.0986. The third-order valence-electron chi connectivity index (χ3n) is 4.23. The highest BCUT2D eigenvalue weighted by Crippen LogP contribution is 2.35. The van der Waals surface area contributed by atoms with E-state index >= 15 is 0 Å². The number of hydrogen-bond donors (Lipinski definition) is 0. The number of Topliss-reactive ketones (excluding diaryl/α,β-unsaturated/α-hetero) is 2. The summed E-state index contributed by atoms with van der Waals surface area (Å²) in [5, 5.41) is 2.35. The van der Waals surface area contributed by atoms with E-state index in [1.165, 1.54) is 21.9 Å². The molecule has 0 amide bonds. The van der Waals surface area contributed by atoms with E-state index in [9.17, 15) is 9.59 Å². The molecule has 0 N–H and O–H groups in total. The fourth-order valence-corrected chi connectivity index (χ4v) is 3.34. The summed E-state index contributed by atoms with van der Waals surface area (Å²) in [5.74, 6) is 0.506. The lowest BCUT2D eigenvalue weighted by Crippen LogP contribution is -1.94. The SMILES string of the molecule is O=C1CCc2c1ccc1c3c(ccc21)C(=O)CC3. The zero-order valence-electron chi connectivity index (χ0n) is 9.95. The monoisotopic (exact) mass is 236 g/mol. The van der Waals surface area contributed by atoms with Crippen LogP contribution in [0.15, 0.2) is 24.3 Å². The Bertz CT molecular complexity index is 662. The van der Waals surface area contributed by atoms with Gasteiger partial charge in [-0.1, -0.05) is 24.3 Å². The molecule has 2 nitrogen and oxygen atoms in total. The Labute approximate surface area is 105 Å². The van der Waals surface area contributed by atoms with E-state index in [0.717, 1.165) is 24.0 Å². The van der Waals surface area contributed by atoms with Crippen LogP contribution in [0.4, 0.5) is 0 Å². The number of ketones is 2. The molecule has 2 aliphatic carbocycles. The zero-order valence-corrected chi connectivity index (χ0v) is 9.95. The van der Waals surface area contributed by atoms with Gasteiger partial charge in [0.05, 0.1) is 0 Å². The number of aryl methyl sites for hydroxylation is 2. The van der Waals surface area contributed by atoms with E-state index < -0.39 is 0 Å². The van der Waals surface area contributed by atoms with Crippen molar-refractivity contribution in [1.82, 2.24) is 0 Å². The van der Waals surface area contributed by atoms with Crippen LogP contribution in [-0.4, -0.2) is 11.6 Å². The molecule has 0 heterocycles. The van der Waals surface area contributed by atoms with Crippen LogP contribution in [-0.2, 0) is 12.8 Å². The van der Waals surface area contributed by atoms with Crippen LogP contribution in [0, 0.1) is 0 Å². The molecule has 18 heavy (non-hydrogen) atoms. The highest BCUT2D eigenvalue weighted by atomic mass is 16.1. The standard InChI is InChI=1S/C16H12O2/c17-15-8-6-12-10-2-4-14-11(5-7-16(14)18)9(10)1-3-13(12)15/h1-4H,5-8H2. The first kappa shape index (κ1) is 10.0. The molecule has 0 aromatic heterocycles. The first-order chi connectivity index (χ1) is 8.75. The van der Waals surface area contributed by atoms with Crippen molar-refractivity contribution in [1.29, 1.82) is 0 Å². The van der Waals surface area contributed by atoms with Gasteiger partial charge in [-0.05, 0) is 34.7 Å². The van der Waals surface area contributed by atoms with Crippen molar-refractivity contribution < 1.29 is 9.59 Å². The van der Waals surface area contributed by atoms with E-state index in [-0.39, 0.29) is 11.6 Å². The topological polar surface area (TPSA) is 34.1 Å². The molecular weight excluding hydrogens is 224 g/mol. The summed E-state index contributed by atoms with van der Waals surface area (Å²) in [7, 11) is 0. The van der Waals surface area contributed by atoms with Gasteiger partial charge in [-0.3, -0.25) is 9.59 Å². The minimum Gasteiger partial charge on any atom is -0.294 e. The summed E-state index contributed by atoms with van der Waals surface area (Å²) in [6.07, 6.45) is 2.95. The summed E-state index contributed by atoms with van der Waals surface area (Å²) in [5.41, 5.74) is 4.12.